The molecule has 0 saturated heterocycles. The molecule has 0 aromatic heterocycles. The van der Waals surface area contributed by atoms with Gasteiger partial charge in [0.25, 0.3) is 0 Å². The highest BCUT2D eigenvalue weighted by Gasteiger charge is 2.27. The second-order valence-electron chi connectivity index (χ2n) is 23.9. The highest BCUT2D eigenvalue weighted by molar-refractivity contribution is 7.47. The van der Waals surface area contributed by atoms with E-state index in [1.165, 1.54) is 257 Å². The quantitative estimate of drug-likeness (QED) is 0.0211. The Morgan fingerprint density at radius 3 is 1.04 bits per heavy atom. The molecule has 76 heavy (non-hydrogen) atoms. The third kappa shape index (κ3) is 61.7. The van der Waals surface area contributed by atoms with Crippen LogP contribution in [0.4, 0.5) is 0 Å². The number of carbonyl (C=O) groups excluding carboxylic acids is 2. The molecule has 0 aliphatic heterocycles. The molecule has 0 spiro atoms. The van der Waals surface area contributed by atoms with E-state index in [-0.39, 0.29) is 25.6 Å². The third-order valence-electron chi connectivity index (χ3n) is 15.0. The first-order valence-corrected chi connectivity index (χ1v) is 34.6. The molecule has 450 valence electrons. The fourth-order valence-corrected chi connectivity index (χ4v) is 10.6. The van der Waals surface area contributed by atoms with Crippen LogP contribution >= 0.6 is 7.82 Å². The number of rotatable bonds is 62. The summed E-state index contributed by atoms with van der Waals surface area (Å²) in [5, 5.41) is 0. The summed E-state index contributed by atoms with van der Waals surface area (Å²) >= 11 is 0. The van der Waals surface area contributed by atoms with Gasteiger partial charge in [0.05, 0.1) is 27.7 Å². The van der Waals surface area contributed by atoms with E-state index in [9.17, 15) is 19.0 Å². The zero-order chi connectivity index (χ0) is 55.6. The summed E-state index contributed by atoms with van der Waals surface area (Å²) in [6.07, 6.45) is 71.3. The number of allylic oxidation sites excluding steroid dienone is 4. The number of esters is 2. The minimum atomic E-state index is -4.39. The Kier molecular flexibility index (Phi) is 57.0. The lowest BCUT2D eigenvalue weighted by molar-refractivity contribution is -0.870. The molecule has 1 N–H and O–H groups in total. The number of ether oxygens (including phenoxy) is 2. The average molecular weight is 1100 g/mol. The molecule has 0 heterocycles. The molecule has 0 rings (SSSR count). The lowest BCUT2D eigenvalue weighted by Crippen LogP contribution is -2.37. The number of phosphoric acid groups is 1. The molecule has 0 amide bonds. The second kappa shape index (κ2) is 58.2. The number of hydrogen-bond donors (Lipinski definition) is 1. The summed E-state index contributed by atoms with van der Waals surface area (Å²) in [6, 6.07) is 0. The minimum absolute atomic E-state index is 0.0334. The van der Waals surface area contributed by atoms with Gasteiger partial charge in [-0.05, 0) is 44.9 Å². The first-order valence-electron chi connectivity index (χ1n) is 33.1. The number of likely N-dealkylation sites (N-methyl/N-ethyl adjacent to an activating group) is 1. The van der Waals surface area contributed by atoms with Crippen molar-refractivity contribution in [2.24, 2.45) is 0 Å². The zero-order valence-electron chi connectivity index (χ0n) is 51.3. The number of hydrogen-bond acceptors (Lipinski definition) is 7. The highest BCUT2D eigenvalue weighted by Crippen LogP contribution is 2.43. The molecule has 0 aliphatic carbocycles. The van der Waals surface area contributed by atoms with Crippen molar-refractivity contribution in [3.8, 4) is 0 Å². The molecule has 0 aromatic carbocycles. The molecule has 0 aromatic rings. The average Bonchev–Trinajstić information content (AvgIpc) is 3.38. The number of nitrogens with zero attached hydrogens (tertiary/aromatic N) is 1. The molecule has 0 aliphatic rings. The van der Waals surface area contributed by atoms with Crippen molar-refractivity contribution in [1.29, 1.82) is 0 Å². The maximum Gasteiger partial charge on any atom is 0.472 e. The number of carbonyl (C=O) groups is 2. The molecule has 0 bridgehead atoms. The van der Waals surface area contributed by atoms with Crippen LogP contribution in [0.5, 0.6) is 0 Å². The van der Waals surface area contributed by atoms with Gasteiger partial charge < -0.3 is 18.9 Å². The van der Waals surface area contributed by atoms with Gasteiger partial charge in [0, 0.05) is 12.8 Å². The fraction of sp³-hybridized carbons (Fsp3) is 0.909. The summed E-state index contributed by atoms with van der Waals surface area (Å²) in [7, 11) is 1.49. The Labute approximate surface area is 472 Å². The van der Waals surface area contributed by atoms with Crippen LogP contribution in [0.15, 0.2) is 24.3 Å². The van der Waals surface area contributed by atoms with Crippen LogP contribution in [0, 0.1) is 0 Å². The van der Waals surface area contributed by atoms with Gasteiger partial charge in [0.2, 0.25) is 0 Å². The fourth-order valence-electron chi connectivity index (χ4n) is 9.87. The van der Waals surface area contributed by atoms with Crippen LogP contribution < -0.4 is 0 Å². The van der Waals surface area contributed by atoms with Crippen LogP contribution in [0.1, 0.15) is 335 Å². The molecule has 0 saturated carbocycles. The normalized spacial score (nSPS) is 13.3. The molecule has 0 fully saturated rings. The Morgan fingerprint density at radius 1 is 0.408 bits per heavy atom. The lowest BCUT2D eigenvalue weighted by atomic mass is 10.0. The van der Waals surface area contributed by atoms with Gasteiger partial charge in [0.15, 0.2) is 6.10 Å². The Balaban J connectivity index is 4.00. The van der Waals surface area contributed by atoms with E-state index in [0.29, 0.717) is 23.9 Å². The lowest BCUT2D eigenvalue weighted by Gasteiger charge is -2.24. The van der Waals surface area contributed by atoms with Crippen molar-refractivity contribution in [2.45, 2.75) is 341 Å². The molecular weight excluding hydrogens is 966 g/mol. The largest absolute Gasteiger partial charge is 0.472 e. The van der Waals surface area contributed by atoms with E-state index in [0.717, 1.165) is 44.9 Å². The van der Waals surface area contributed by atoms with Gasteiger partial charge in [-0.15, -0.1) is 0 Å². The zero-order valence-corrected chi connectivity index (χ0v) is 52.2. The van der Waals surface area contributed by atoms with Crippen molar-refractivity contribution in [3.05, 3.63) is 24.3 Å². The predicted molar refractivity (Wildman–Crippen MR) is 326 cm³/mol. The third-order valence-corrected chi connectivity index (χ3v) is 16.0. The highest BCUT2D eigenvalue weighted by atomic mass is 31.2. The molecular formula is C66H129NO8P+. The Bertz CT molecular complexity index is 1330. The summed E-state index contributed by atoms with van der Waals surface area (Å²) in [6.45, 7) is 4.48. The second-order valence-corrected chi connectivity index (χ2v) is 25.3. The van der Waals surface area contributed by atoms with Crippen LogP contribution in [0.3, 0.4) is 0 Å². The van der Waals surface area contributed by atoms with Gasteiger partial charge in [-0.2, -0.15) is 0 Å². The molecule has 0 radical (unpaired) electrons. The minimum Gasteiger partial charge on any atom is -0.462 e. The Hall–Kier alpha value is -1.51. The number of quaternary nitrogens is 1. The maximum atomic E-state index is 12.8. The van der Waals surface area contributed by atoms with Crippen molar-refractivity contribution in [2.75, 3.05) is 47.5 Å². The van der Waals surface area contributed by atoms with E-state index >= 15 is 0 Å². The first-order chi connectivity index (χ1) is 37.0. The van der Waals surface area contributed by atoms with Crippen LogP contribution in [0.2, 0.25) is 0 Å². The van der Waals surface area contributed by atoms with Gasteiger partial charge in [0.1, 0.15) is 19.8 Å². The van der Waals surface area contributed by atoms with Crippen LogP contribution in [0.25, 0.3) is 0 Å². The predicted octanol–water partition coefficient (Wildman–Crippen LogP) is 20.9. The molecule has 2 atom stereocenters. The molecule has 9 nitrogen and oxygen atoms in total. The van der Waals surface area contributed by atoms with Gasteiger partial charge in [-0.25, -0.2) is 4.57 Å². The van der Waals surface area contributed by atoms with Crippen LogP contribution in [-0.4, -0.2) is 74.9 Å². The van der Waals surface area contributed by atoms with Gasteiger partial charge in [-0.1, -0.05) is 301 Å². The summed E-state index contributed by atoms with van der Waals surface area (Å²) in [5.74, 6) is -0.783. The van der Waals surface area contributed by atoms with E-state index in [1.807, 2.05) is 21.1 Å². The van der Waals surface area contributed by atoms with Crippen molar-refractivity contribution < 1.29 is 42.1 Å². The van der Waals surface area contributed by atoms with E-state index in [1.54, 1.807) is 0 Å². The van der Waals surface area contributed by atoms with E-state index < -0.39 is 26.5 Å². The van der Waals surface area contributed by atoms with E-state index in [2.05, 4.69) is 38.2 Å². The monoisotopic (exact) mass is 1090 g/mol. The van der Waals surface area contributed by atoms with Gasteiger partial charge >= 0.3 is 19.8 Å². The molecule has 10 heteroatoms. The Morgan fingerprint density at radius 2 is 0.711 bits per heavy atom. The first kappa shape index (κ1) is 74.5. The number of unbranched alkanes of at least 4 members (excludes halogenated alkanes) is 44. The summed E-state index contributed by atoms with van der Waals surface area (Å²) in [4.78, 5) is 35.8. The summed E-state index contributed by atoms with van der Waals surface area (Å²) < 4.78 is 34.7. The van der Waals surface area contributed by atoms with Crippen molar-refractivity contribution >= 4 is 19.8 Å². The standard InChI is InChI=1S/C66H128NO8P/c1-6-8-10-12-14-16-18-20-22-24-26-28-29-30-31-32-33-34-35-36-37-39-40-42-44-46-48-50-52-54-56-58-65(68)72-62-64(63-74-76(70,71)73-61-60-67(3,4)5)75-66(69)59-57-55-53-51-49-47-45-43-41-38-27-25-23-21-19-17-15-13-11-9-7-2/h19,21,25,27,64H,6-18,20,22-24,26,28-63H2,1-5H3/p+1/b21-19-,27-25-. The maximum absolute atomic E-state index is 12.8. The van der Waals surface area contributed by atoms with E-state index in [4.69, 9.17) is 18.5 Å². The SMILES string of the molecule is CCCCCCC/C=C\C/C=C\CCCCCCCCCCCC(=O)OC(COC(=O)CCCCCCCCCCCCCCCCCCCCCCCCCCCCCCCCC)COP(=O)(O)OCC[N+](C)(C)C. The van der Waals surface area contributed by atoms with Crippen LogP contribution in [-0.2, 0) is 32.7 Å². The van der Waals surface area contributed by atoms with Crippen molar-refractivity contribution in [1.82, 2.24) is 0 Å². The smallest absolute Gasteiger partial charge is 0.462 e. The van der Waals surface area contributed by atoms with Crippen molar-refractivity contribution in [3.63, 3.8) is 0 Å². The van der Waals surface area contributed by atoms with Gasteiger partial charge in [-0.3, -0.25) is 18.6 Å². The summed E-state index contributed by atoms with van der Waals surface area (Å²) in [5.41, 5.74) is 0. The molecule has 2 unspecified atom stereocenters. The number of phosphoric ester groups is 1. The topological polar surface area (TPSA) is 108 Å².